The van der Waals surface area contributed by atoms with Crippen molar-refractivity contribution in [2.24, 2.45) is 11.8 Å². The van der Waals surface area contributed by atoms with Crippen LogP contribution in [0.25, 0.3) is 0 Å². The molecule has 0 bridgehead atoms. The quantitative estimate of drug-likeness (QED) is 0.915. The van der Waals surface area contributed by atoms with Crippen LogP contribution in [0.3, 0.4) is 0 Å². The van der Waals surface area contributed by atoms with Gasteiger partial charge < -0.3 is 0 Å². The largest absolute Gasteiger partial charge is 0.262 e. The lowest BCUT2D eigenvalue weighted by Crippen LogP contribution is -2.42. The first-order valence-corrected chi connectivity index (χ1v) is 8.79. The Kier molecular flexibility index (Phi) is 4.63. The summed E-state index contributed by atoms with van der Waals surface area (Å²) in [6.07, 6.45) is 6.01. The van der Waals surface area contributed by atoms with E-state index in [0.717, 1.165) is 19.3 Å². The minimum Gasteiger partial charge on any atom is -0.262 e. The molecule has 1 fully saturated rings. The molecule has 4 nitrogen and oxygen atoms in total. The Balaban J connectivity index is 2.13. The van der Waals surface area contributed by atoms with Crippen LogP contribution >= 0.6 is 15.9 Å². The minimum absolute atomic E-state index is 0.0279. The molecule has 0 aliphatic heterocycles. The highest BCUT2D eigenvalue weighted by atomic mass is 79.9. The van der Waals surface area contributed by atoms with E-state index in [-0.39, 0.29) is 10.9 Å². The molecule has 1 saturated carbocycles. The van der Waals surface area contributed by atoms with Gasteiger partial charge in [-0.05, 0) is 53.1 Å². The number of aromatic nitrogens is 1. The van der Waals surface area contributed by atoms with Crippen LogP contribution in [-0.4, -0.2) is 19.4 Å². The average molecular weight is 347 g/mol. The Bertz CT molecular complexity index is 547. The smallest absolute Gasteiger partial charge is 0.242 e. The lowest BCUT2D eigenvalue weighted by Gasteiger charge is -2.32. The Hall–Kier alpha value is -0.460. The number of nitrogens with one attached hydrogen (secondary N) is 1. The van der Waals surface area contributed by atoms with E-state index in [0.29, 0.717) is 16.3 Å². The molecule has 1 heterocycles. The molecule has 106 valence electrons. The topological polar surface area (TPSA) is 59.1 Å². The first-order valence-electron chi connectivity index (χ1n) is 6.51. The van der Waals surface area contributed by atoms with Crippen LogP contribution < -0.4 is 4.72 Å². The van der Waals surface area contributed by atoms with Crippen molar-refractivity contribution in [3.05, 3.63) is 22.9 Å². The predicted octanol–water partition coefficient (Wildman–Crippen LogP) is 2.95. The summed E-state index contributed by atoms with van der Waals surface area (Å²) in [5.41, 5.74) is 0. The normalized spacial score (nSPS) is 28.3. The predicted molar refractivity (Wildman–Crippen MR) is 78.2 cm³/mol. The number of nitrogens with zero attached hydrogens (tertiary/aromatic N) is 1. The fraction of sp³-hybridized carbons (Fsp3) is 0.615. The van der Waals surface area contributed by atoms with Crippen molar-refractivity contribution in [2.75, 3.05) is 0 Å². The molecule has 1 aliphatic carbocycles. The SMILES string of the molecule is CC1CCC(NS(=O)(=O)c2cncc(Br)c2)C(C)C1. The monoisotopic (exact) mass is 346 g/mol. The van der Waals surface area contributed by atoms with E-state index in [1.165, 1.54) is 6.20 Å². The maximum Gasteiger partial charge on any atom is 0.242 e. The number of sulfonamides is 1. The van der Waals surface area contributed by atoms with Gasteiger partial charge in [-0.3, -0.25) is 4.98 Å². The lowest BCUT2D eigenvalue weighted by molar-refractivity contribution is 0.249. The van der Waals surface area contributed by atoms with Gasteiger partial charge in [0.15, 0.2) is 0 Å². The summed E-state index contributed by atoms with van der Waals surface area (Å²) in [6.45, 7) is 4.33. The van der Waals surface area contributed by atoms with Gasteiger partial charge in [0.2, 0.25) is 10.0 Å². The Morgan fingerprint density at radius 2 is 2.05 bits per heavy atom. The van der Waals surface area contributed by atoms with E-state index in [4.69, 9.17) is 0 Å². The average Bonchev–Trinajstić information content (AvgIpc) is 2.33. The van der Waals surface area contributed by atoms with Gasteiger partial charge in [-0.15, -0.1) is 0 Å². The summed E-state index contributed by atoms with van der Waals surface area (Å²) in [6, 6.07) is 1.60. The molecule has 0 spiro atoms. The highest BCUT2D eigenvalue weighted by molar-refractivity contribution is 9.10. The summed E-state index contributed by atoms with van der Waals surface area (Å²) in [5, 5.41) is 0. The zero-order valence-electron chi connectivity index (χ0n) is 11.1. The van der Waals surface area contributed by atoms with Gasteiger partial charge >= 0.3 is 0 Å². The third kappa shape index (κ3) is 3.77. The summed E-state index contributed by atoms with van der Waals surface area (Å²) in [7, 11) is -3.48. The molecule has 1 aromatic rings. The second-order valence-corrected chi connectivity index (χ2v) is 8.09. The fourth-order valence-electron chi connectivity index (χ4n) is 2.65. The molecule has 0 radical (unpaired) electrons. The van der Waals surface area contributed by atoms with Crippen molar-refractivity contribution in [2.45, 2.75) is 44.0 Å². The number of rotatable bonds is 3. The molecule has 6 heteroatoms. The lowest BCUT2D eigenvalue weighted by atomic mass is 9.80. The van der Waals surface area contributed by atoms with Gasteiger partial charge in [-0.1, -0.05) is 13.8 Å². The second-order valence-electron chi connectivity index (χ2n) is 5.46. The third-order valence-corrected chi connectivity index (χ3v) is 5.62. The molecule has 1 aliphatic rings. The maximum atomic E-state index is 12.3. The molecule has 2 rings (SSSR count). The van der Waals surface area contributed by atoms with Crippen molar-refractivity contribution < 1.29 is 8.42 Å². The van der Waals surface area contributed by atoms with Gasteiger partial charge in [-0.2, -0.15) is 0 Å². The van der Waals surface area contributed by atoms with Gasteiger partial charge in [-0.25, -0.2) is 13.1 Å². The van der Waals surface area contributed by atoms with Gasteiger partial charge in [0.1, 0.15) is 4.90 Å². The molecule has 0 saturated heterocycles. The van der Waals surface area contributed by atoms with E-state index in [2.05, 4.69) is 39.5 Å². The van der Waals surface area contributed by atoms with Crippen LogP contribution in [0.15, 0.2) is 27.8 Å². The molecule has 0 aromatic carbocycles. The third-order valence-electron chi connectivity index (χ3n) is 3.73. The molecule has 3 unspecified atom stereocenters. The summed E-state index contributed by atoms with van der Waals surface area (Å²) >= 11 is 3.24. The fourth-order valence-corrected chi connectivity index (χ4v) is 4.53. The summed E-state index contributed by atoms with van der Waals surface area (Å²) in [5.74, 6) is 1.06. The van der Waals surface area contributed by atoms with E-state index >= 15 is 0 Å². The van der Waals surface area contributed by atoms with Crippen molar-refractivity contribution in [1.29, 1.82) is 0 Å². The minimum atomic E-state index is -3.48. The van der Waals surface area contributed by atoms with Crippen LogP contribution in [-0.2, 0) is 10.0 Å². The highest BCUT2D eigenvalue weighted by Gasteiger charge is 2.29. The van der Waals surface area contributed by atoms with Crippen LogP contribution in [0.1, 0.15) is 33.1 Å². The number of pyridine rings is 1. The molecule has 19 heavy (non-hydrogen) atoms. The zero-order valence-corrected chi connectivity index (χ0v) is 13.5. The Morgan fingerprint density at radius 3 is 2.68 bits per heavy atom. The Labute approximate surface area is 123 Å². The van der Waals surface area contributed by atoms with E-state index in [1.54, 1.807) is 12.3 Å². The van der Waals surface area contributed by atoms with Crippen molar-refractivity contribution in [3.63, 3.8) is 0 Å². The van der Waals surface area contributed by atoms with Crippen LogP contribution in [0.2, 0.25) is 0 Å². The van der Waals surface area contributed by atoms with E-state index in [9.17, 15) is 8.42 Å². The number of hydrogen-bond donors (Lipinski definition) is 1. The molecule has 3 atom stereocenters. The van der Waals surface area contributed by atoms with Crippen molar-refractivity contribution >= 4 is 26.0 Å². The van der Waals surface area contributed by atoms with Gasteiger partial charge in [0.05, 0.1) is 0 Å². The van der Waals surface area contributed by atoms with Crippen LogP contribution in [0.5, 0.6) is 0 Å². The molecular weight excluding hydrogens is 328 g/mol. The maximum absolute atomic E-state index is 12.3. The van der Waals surface area contributed by atoms with E-state index in [1.807, 2.05) is 0 Å². The van der Waals surface area contributed by atoms with Crippen molar-refractivity contribution in [1.82, 2.24) is 9.71 Å². The highest BCUT2D eigenvalue weighted by Crippen LogP contribution is 2.29. The van der Waals surface area contributed by atoms with Crippen LogP contribution in [0, 0.1) is 11.8 Å². The molecular formula is C13H19BrN2O2S. The van der Waals surface area contributed by atoms with Crippen LogP contribution in [0.4, 0.5) is 0 Å². The number of hydrogen-bond acceptors (Lipinski definition) is 3. The van der Waals surface area contributed by atoms with E-state index < -0.39 is 10.0 Å². The number of halogens is 1. The summed E-state index contributed by atoms with van der Waals surface area (Å²) in [4.78, 5) is 4.12. The first kappa shape index (κ1) is 14.9. The zero-order chi connectivity index (χ0) is 14.0. The Morgan fingerprint density at radius 1 is 1.32 bits per heavy atom. The summed E-state index contributed by atoms with van der Waals surface area (Å²) < 4.78 is 28.1. The van der Waals surface area contributed by atoms with Gasteiger partial charge in [0.25, 0.3) is 0 Å². The first-order chi connectivity index (χ1) is 8.88. The van der Waals surface area contributed by atoms with Crippen molar-refractivity contribution in [3.8, 4) is 0 Å². The molecule has 0 amide bonds. The van der Waals surface area contributed by atoms with Gasteiger partial charge in [0, 0.05) is 22.9 Å². The second kappa shape index (κ2) is 5.89. The molecule has 1 aromatic heterocycles. The molecule has 1 N–H and O–H groups in total. The standard InChI is InChI=1S/C13H19BrN2O2S/c1-9-3-4-13(10(2)5-9)16-19(17,18)12-6-11(14)7-15-8-12/h6-10,13,16H,3-5H2,1-2H3.